The Morgan fingerprint density at radius 2 is 1.97 bits per heavy atom. The summed E-state index contributed by atoms with van der Waals surface area (Å²) < 4.78 is 14.1. The number of nitrogens with zero attached hydrogens (tertiary/aromatic N) is 3. The minimum absolute atomic E-state index is 0.0234. The third kappa shape index (κ3) is 2.64. The number of hydrogen-bond donors (Lipinski definition) is 1. The minimum Gasteiger partial charge on any atom is -0.384 e. The summed E-state index contributed by atoms with van der Waals surface area (Å²) in [4.78, 5) is 30.7. The van der Waals surface area contributed by atoms with Crippen molar-refractivity contribution in [3.05, 3.63) is 95.2 Å². The van der Waals surface area contributed by atoms with Gasteiger partial charge in [0.1, 0.15) is 23.1 Å². The molecule has 0 radical (unpaired) electrons. The summed E-state index contributed by atoms with van der Waals surface area (Å²) >= 11 is 0. The zero-order chi connectivity index (χ0) is 23.3. The number of allylic oxidation sites excluding steroid dienone is 1. The second kappa shape index (κ2) is 7.45. The van der Waals surface area contributed by atoms with Crippen LogP contribution in [-0.4, -0.2) is 18.2 Å². The molecule has 3 aliphatic rings. The van der Waals surface area contributed by atoms with Crippen molar-refractivity contribution in [3.8, 4) is 6.07 Å². The van der Waals surface area contributed by atoms with Gasteiger partial charge in [0, 0.05) is 35.5 Å². The molecule has 0 saturated heterocycles. The van der Waals surface area contributed by atoms with Crippen LogP contribution < -0.4 is 15.5 Å². The molecule has 33 heavy (non-hydrogen) atoms. The number of anilines is 2. The summed E-state index contributed by atoms with van der Waals surface area (Å²) in [5, 5.41) is 10.3. The molecule has 1 unspecified atom stereocenters. The standard InChI is InChI=1S/C26H21FN4O2/c1-2-13-30-20-10-4-3-9-18(20)26(25(30)33)19(15-28)24(29)31(17-8-5-7-16(27)14-17)21-11-6-12-22(32)23(21)26/h2-5,7-10,14H,1,6,11-13,29H2. The van der Waals surface area contributed by atoms with Crippen molar-refractivity contribution < 1.29 is 14.0 Å². The van der Waals surface area contributed by atoms with Crippen LogP contribution in [0.1, 0.15) is 24.8 Å². The van der Waals surface area contributed by atoms with Crippen molar-refractivity contribution >= 4 is 23.1 Å². The maximum atomic E-state index is 14.1. The molecule has 0 saturated carbocycles. The van der Waals surface area contributed by atoms with Gasteiger partial charge < -0.3 is 10.6 Å². The third-order valence-corrected chi connectivity index (χ3v) is 6.56. The number of amides is 1. The summed E-state index contributed by atoms with van der Waals surface area (Å²) in [5.74, 6) is -1.05. The van der Waals surface area contributed by atoms with Gasteiger partial charge in [0.2, 0.25) is 5.91 Å². The Hall–Kier alpha value is -4.18. The first kappa shape index (κ1) is 20.7. The van der Waals surface area contributed by atoms with E-state index in [4.69, 9.17) is 5.73 Å². The number of benzene rings is 2. The summed E-state index contributed by atoms with van der Waals surface area (Å²) in [6.45, 7) is 3.98. The van der Waals surface area contributed by atoms with E-state index in [9.17, 15) is 19.2 Å². The maximum absolute atomic E-state index is 14.1. The van der Waals surface area contributed by atoms with Crippen LogP contribution in [0.4, 0.5) is 15.8 Å². The molecule has 1 atom stereocenters. The van der Waals surface area contributed by atoms with Gasteiger partial charge >= 0.3 is 0 Å². The molecule has 0 aromatic heterocycles. The average Bonchev–Trinajstić information content (AvgIpc) is 3.04. The van der Waals surface area contributed by atoms with Crippen LogP contribution in [0.25, 0.3) is 0 Å². The quantitative estimate of drug-likeness (QED) is 0.733. The SMILES string of the molecule is C=CCN1C(=O)C2(C(C#N)=C(N)N(c3cccc(F)c3)C3=C2C(=O)CCC3)c2ccccc21. The topological polar surface area (TPSA) is 90.4 Å². The van der Waals surface area contributed by atoms with Crippen molar-refractivity contribution in [1.29, 1.82) is 5.26 Å². The Kier molecular flexibility index (Phi) is 4.68. The Morgan fingerprint density at radius 1 is 1.18 bits per heavy atom. The number of fused-ring (bicyclic) bond motifs is 3. The summed E-state index contributed by atoms with van der Waals surface area (Å²) in [6.07, 6.45) is 2.90. The molecule has 2 aliphatic heterocycles. The van der Waals surface area contributed by atoms with Crippen molar-refractivity contribution in [2.45, 2.75) is 24.7 Å². The van der Waals surface area contributed by atoms with Crippen molar-refractivity contribution in [1.82, 2.24) is 0 Å². The van der Waals surface area contributed by atoms with E-state index in [1.54, 1.807) is 47.4 Å². The van der Waals surface area contributed by atoms with Crippen molar-refractivity contribution in [2.24, 2.45) is 5.73 Å². The molecule has 6 nitrogen and oxygen atoms in total. The van der Waals surface area contributed by atoms with Gasteiger partial charge in [0.25, 0.3) is 0 Å². The number of Topliss-reactive ketones (excluding diaryl/α,β-unsaturated/α-hetero) is 1. The Bertz CT molecular complexity index is 1340. The molecule has 2 aromatic rings. The predicted molar refractivity (Wildman–Crippen MR) is 122 cm³/mol. The lowest BCUT2D eigenvalue weighted by atomic mass is 9.64. The van der Waals surface area contributed by atoms with Crippen LogP contribution in [0.2, 0.25) is 0 Å². The molecule has 0 fully saturated rings. The lowest BCUT2D eigenvalue weighted by Crippen LogP contribution is -2.52. The van der Waals surface area contributed by atoms with Crippen LogP contribution >= 0.6 is 0 Å². The van der Waals surface area contributed by atoms with E-state index in [2.05, 4.69) is 12.6 Å². The van der Waals surface area contributed by atoms with Gasteiger partial charge in [-0.2, -0.15) is 5.26 Å². The highest BCUT2D eigenvalue weighted by molar-refractivity contribution is 6.20. The number of para-hydroxylation sites is 1. The van der Waals surface area contributed by atoms with Crippen LogP contribution in [0, 0.1) is 17.1 Å². The Labute approximate surface area is 190 Å². The fraction of sp³-hybridized carbons (Fsp3) is 0.192. The number of halogens is 1. The summed E-state index contributed by atoms with van der Waals surface area (Å²) in [7, 11) is 0. The van der Waals surface area contributed by atoms with E-state index < -0.39 is 17.1 Å². The zero-order valence-electron chi connectivity index (χ0n) is 17.8. The Morgan fingerprint density at radius 3 is 2.70 bits per heavy atom. The van der Waals surface area contributed by atoms with Gasteiger partial charge in [0.05, 0.1) is 11.3 Å². The molecular weight excluding hydrogens is 419 g/mol. The fourth-order valence-corrected chi connectivity index (χ4v) is 5.35. The first-order valence-electron chi connectivity index (χ1n) is 10.7. The molecule has 7 heteroatoms. The molecule has 0 bridgehead atoms. The highest BCUT2D eigenvalue weighted by Crippen LogP contribution is 2.56. The molecular formula is C26H21FN4O2. The van der Waals surface area contributed by atoms with Gasteiger partial charge in [0.15, 0.2) is 5.78 Å². The molecule has 164 valence electrons. The molecule has 1 amide bonds. The molecule has 2 N–H and O–H groups in total. The van der Waals surface area contributed by atoms with E-state index in [-0.39, 0.29) is 35.7 Å². The smallest absolute Gasteiger partial charge is 0.248 e. The van der Waals surface area contributed by atoms with Gasteiger partial charge in [-0.1, -0.05) is 30.3 Å². The lowest BCUT2D eigenvalue weighted by Gasteiger charge is -2.43. The number of nitriles is 1. The van der Waals surface area contributed by atoms with Crippen LogP contribution in [-0.2, 0) is 15.0 Å². The number of hydrogen-bond acceptors (Lipinski definition) is 5. The van der Waals surface area contributed by atoms with E-state index in [1.165, 1.54) is 17.0 Å². The van der Waals surface area contributed by atoms with Crippen LogP contribution in [0.15, 0.2) is 83.9 Å². The summed E-state index contributed by atoms with van der Waals surface area (Å²) in [5.41, 5.74) is 7.30. The number of rotatable bonds is 3. The lowest BCUT2D eigenvalue weighted by molar-refractivity contribution is -0.124. The summed E-state index contributed by atoms with van der Waals surface area (Å²) in [6, 6.07) is 15.1. The van der Waals surface area contributed by atoms with E-state index in [1.807, 2.05) is 0 Å². The highest BCUT2D eigenvalue weighted by atomic mass is 19.1. The maximum Gasteiger partial charge on any atom is 0.248 e. The number of ketones is 1. The molecule has 1 aliphatic carbocycles. The normalized spacial score (nSPS) is 21.9. The van der Waals surface area contributed by atoms with Gasteiger partial charge in [-0.05, 0) is 37.1 Å². The monoisotopic (exact) mass is 440 g/mol. The highest BCUT2D eigenvalue weighted by Gasteiger charge is 2.62. The number of nitrogens with two attached hydrogens (primary N) is 1. The van der Waals surface area contributed by atoms with E-state index in [0.29, 0.717) is 35.5 Å². The number of carbonyl (C=O) groups excluding carboxylic acids is 2. The van der Waals surface area contributed by atoms with Crippen LogP contribution in [0.3, 0.4) is 0 Å². The molecule has 5 rings (SSSR count). The minimum atomic E-state index is -1.63. The first-order chi connectivity index (χ1) is 16.0. The zero-order valence-corrected chi connectivity index (χ0v) is 17.8. The molecule has 1 spiro atoms. The Balaban J connectivity index is 1.89. The second-order valence-corrected chi connectivity index (χ2v) is 8.26. The average molecular weight is 440 g/mol. The van der Waals surface area contributed by atoms with Crippen LogP contribution in [0.5, 0.6) is 0 Å². The predicted octanol–water partition coefficient (Wildman–Crippen LogP) is 3.82. The van der Waals surface area contributed by atoms with Crippen molar-refractivity contribution in [3.63, 3.8) is 0 Å². The van der Waals surface area contributed by atoms with Gasteiger partial charge in [-0.3, -0.25) is 14.5 Å². The van der Waals surface area contributed by atoms with E-state index in [0.717, 1.165) is 0 Å². The third-order valence-electron chi connectivity index (χ3n) is 6.56. The largest absolute Gasteiger partial charge is 0.384 e. The fourth-order valence-electron chi connectivity index (χ4n) is 5.35. The molecule has 2 aromatic carbocycles. The van der Waals surface area contributed by atoms with E-state index >= 15 is 0 Å². The number of carbonyl (C=O) groups is 2. The first-order valence-corrected chi connectivity index (χ1v) is 10.7. The van der Waals surface area contributed by atoms with Gasteiger partial charge in [-0.25, -0.2) is 4.39 Å². The molecule has 2 heterocycles. The van der Waals surface area contributed by atoms with Crippen molar-refractivity contribution in [2.75, 3.05) is 16.3 Å². The second-order valence-electron chi connectivity index (χ2n) is 8.26. The van der Waals surface area contributed by atoms with Gasteiger partial charge in [-0.15, -0.1) is 6.58 Å².